The number of carbonyl (C=O) groups excluding carboxylic acids is 2. The van der Waals surface area contributed by atoms with E-state index >= 15 is 0 Å². The quantitative estimate of drug-likeness (QED) is 0.601. The Bertz CT molecular complexity index is 1050. The van der Waals surface area contributed by atoms with Crippen LogP contribution in [0.25, 0.3) is 10.4 Å². The summed E-state index contributed by atoms with van der Waals surface area (Å²) in [7, 11) is 3.60. The number of aromatic nitrogens is 1. The Kier molecular flexibility index (Phi) is 6.18. The highest BCUT2D eigenvalue weighted by molar-refractivity contribution is 7.13. The summed E-state index contributed by atoms with van der Waals surface area (Å²) in [6.07, 6.45) is 5.44. The second-order valence-corrected chi connectivity index (χ2v) is 9.35. The van der Waals surface area contributed by atoms with Gasteiger partial charge in [-0.3, -0.25) is 14.6 Å². The zero-order valence-corrected chi connectivity index (χ0v) is 18.8. The molecule has 0 unspecified atom stereocenters. The van der Waals surface area contributed by atoms with Gasteiger partial charge in [0.15, 0.2) is 0 Å². The molecule has 1 aliphatic rings. The van der Waals surface area contributed by atoms with Crippen LogP contribution >= 0.6 is 11.3 Å². The minimum Gasteiger partial charge on any atom is -0.348 e. The molecule has 5 nitrogen and oxygen atoms in total. The van der Waals surface area contributed by atoms with Crippen molar-refractivity contribution in [3.8, 4) is 10.4 Å². The summed E-state index contributed by atoms with van der Waals surface area (Å²) in [5, 5.41) is 2.07. The molecule has 1 saturated heterocycles. The highest BCUT2D eigenvalue weighted by Crippen LogP contribution is 2.37. The molecule has 0 spiro atoms. The van der Waals surface area contributed by atoms with Crippen molar-refractivity contribution in [1.29, 1.82) is 0 Å². The molecule has 3 heterocycles. The number of nitrogens with zero attached hydrogens (tertiary/aromatic N) is 3. The lowest BCUT2D eigenvalue weighted by molar-refractivity contribution is -0.142. The molecular formula is C25H27N3O2S. The largest absolute Gasteiger partial charge is 0.348 e. The van der Waals surface area contributed by atoms with E-state index in [4.69, 9.17) is 0 Å². The number of amides is 2. The zero-order chi connectivity index (χ0) is 21.8. The van der Waals surface area contributed by atoms with E-state index < -0.39 is 5.41 Å². The number of piperidine rings is 1. The van der Waals surface area contributed by atoms with Crippen LogP contribution in [0.2, 0.25) is 0 Å². The second-order valence-electron chi connectivity index (χ2n) is 8.41. The summed E-state index contributed by atoms with van der Waals surface area (Å²) >= 11 is 1.71. The molecule has 0 aliphatic carbocycles. The van der Waals surface area contributed by atoms with Crippen LogP contribution < -0.4 is 0 Å². The Morgan fingerprint density at radius 1 is 1.16 bits per heavy atom. The van der Waals surface area contributed by atoms with Gasteiger partial charge in [0, 0.05) is 44.5 Å². The molecule has 6 heteroatoms. The number of carbonyl (C=O) groups is 2. The van der Waals surface area contributed by atoms with Crippen LogP contribution in [0.15, 0.2) is 66.3 Å². The van der Waals surface area contributed by atoms with E-state index in [1.54, 1.807) is 54.9 Å². The molecule has 0 bridgehead atoms. The molecule has 3 aromatic rings. The van der Waals surface area contributed by atoms with Gasteiger partial charge in [0.1, 0.15) is 0 Å². The average molecular weight is 434 g/mol. The van der Waals surface area contributed by atoms with Crippen LogP contribution in [-0.4, -0.2) is 53.8 Å². The summed E-state index contributed by atoms with van der Waals surface area (Å²) in [6.45, 7) is 1.08. The summed E-state index contributed by atoms with van der Waals surface area (Å²) in [5.74, 6) is 0.0220. The van der Waals surface area contributed by atoms with E-state index in [9.17, 15) is 9.59 Å². The minimum absolute atomic E-state index is 0.0592. The molecule has 2 amide bonds. The van der Waals surface area contributed by atoms with Crippen LogP contribution in [0.5, 0.6) is 0 Å². The first kappa shape index (κ1) is 21.2. The molecule has 0 saturated carbocycles. The van der Waals surface area contributed by atoms with Crippen molar-refractivity contribution in [2.45, 2.75) is 19.3 Å². The number of hydrogen-bond donors (Lipinski definition) is 0. The Morgan fingerprint density at radius 3 is 2.74 bits per heavy atom. The predicted molar refractivity (Wildman–Crippen MR) is 124 cm³/mol. The van der Waals surface area contributed by atoms with Crippen LogP contribution in [0.4, 0.5) is 0 Å². The molecule has 1 atom stereocenters. The van der Waals surface area contributed by atoms with E-state index in [0.29, 0.717) is 25.1 Å². The van der Waals surface area contributed by atoms with Gasteiger partial charge >= 0.3 is 0 Å². The van der Waals surface area contributed by atoms with Crippen LogP contribution in [-0.2, 0) is 11.2 Å². The summed E-state index contributed by atoms with van der Waals surface area (Å²) < 4.78 is 0. The molecule has 1 aromatic carbocycles. The normalized spacial score (nSPS) is 18.6. The van der Waals surface area contributed by atoms with Crippen molar-refractivity contribution >= 4 is 23.2 Å². The average Bonchev–Trinajstić information content (AvgIpc) is 3.34. The van der Waals surface area contributed by atoms with E-state index in [1.165, 1.54) is 10.4 Å². The lowest BCUT2D eigenvalue weighted by atomic mass is 9.73. The molecular weight excluding hydrogens is 406 g/mol. The number of likely N-dealkylation sites (tertiary alicyclic amines) is 1. The SMILES string of the molecule is CN(C)C(=O)[C@]1(Cc2cccc(-c3cccs3)c2)CCCN(C(=O)c2cccnc2)C1. The third kappa shape index (κ3) is 4.54. The highest BCUT2D eigenvalue weighted by atomic mass is 32.1. The molecule has 0 radical (unpaired) electrons. The second kappa shape index (κ2) is 9.02. The maximum Gasteiger partial charge on any atom is 0.255 e. The summed E-state index contributed by atoms with van der Waals surface area (Å²) in [6, 6.07) is 16.1. The van der Waals surface area contributed by atoms with Gasteiger partial charge in [-0.05, 0) is 54.0 Å². The van der Waals surface area contributed by atoms with Gasteiger partial charge < -0.3 is 9.80 Å². The number of thiophene rings is 1. The fraction of sp³-hybridized carbons (Fsp3) is 0.320. The Labute approximate surface area is 187 Å². The van der Waals surface area contributed by atoms with Gasteiger partial charge in [-0.1, -0.05) is 30.3 Å². The lowest BCUT2D eigenvalue weighted by Gasteiger charge is -2.43. The molecule has 160 valence electrons. The monoisotopic (exact) mass is 433 g/mol. The van der Waals surface area contributed by atoms with E-state index in [-0.39, 0.29) is 11.8 Å². The van der Waals surface area contributed by atoms with Crippen molar-refractivity contribution in [3.05, 3.63) is 77.4 Å². The minimum atomic E-state index is -0.631. The van der Waals surface area contributed by atoms with Crippen molar-refractivity contribution < 1.29 is 9.59 Å². The van der Waals surface area contributed by atoms with Gasteiger partial charge in [-0.15, -0.1) is 11.3 Å². The number of hydrogen-bond acceptors (Lipinski definition) is 4. The number of rotatable bonds is 5. The van der Waals surface area contributed by atoms with Gasteiger partial charge in [0.05, 0.1) is 11.0 Å². The Hall–Kier alpha value is -2.99. The molecule has 0 N–H and O–H groups in total. The molecule has 4 rings (SSSR count). The van der Waals surface area contributed by atoms with Gasteiger partial charge in [-0.2, -0.15) is 0 Å². The first-order chi connectivity index (χ1) is 15.0. The predicted octanol–water partition coefficient (Wildman–Crippen LogP) is 4.36. The fourth-order valence-corrected chi connectivity index (χ4v) is 5.24. The standard InChI is InChI=1S/C25H27N3O2S/c1-27(2)24(30)25(16-19-7-3-8-20(15-19)22-10-5-14-31-22)11-6-13-28(18-25)23(29)21-9-4-12-26-17-21/h3-5,7-10,12,14-15,17H,6,11,13,16,18H2,1-2H3/t25-/m0/s1. The topological polar surface area (TPSA) is 53.5 Å². The van der Waals surface area contributed by atoms with E-state index in [2.05, 4.69) is 40.7 Å². The smallest absolute Gasteiger partial charge is 0.255 e. The first-order valence-electron chi connectivity index (χ1n) is 10.5. The van der Waals surface area contributed by atoms with Crippen molar-refractivity contribution in [3.63, 3.8) is 0 Å². The van der Waals surface area contributed by atoms with Crippen LogP contribution in [0, 0.1) is 5.41 Å². The Morgan fingerprint density at radius 2 is 2.03 bits per heavy atom. The number of pyridine rings is 1. The van der Waals surface area contributed by atoms with Crippen LogP contribution in [0.3, 0.4) is 0 Å². The number of benzene rings is 1. The molecule has 1 fully saturated rings. The lowest BCUT2D eigenvalue weighted by Crippen LogP contribution is -2.54. The zero-order valence-electron chi connectivity index (χ0n) is 18.0. The van der Waals surface area contributed by atoms with E-state index in [1.807, 2.05) is 11.0 Å². The van der Waals surface area contributed by atoms with Crippen molar-refractivity contribution in [2.24, 2.45) is 5.41 Å². The third-order valence-electron chi connectivity index (χ3n) is 5.91. The highest BCUT2D eigenvalue weighted by Gasteiger charge is 2.44. The van der Waals surface area contributed by atoms with Crippen LogP contribution in [0.1, 0.15) is 28.8 Å². The van der Waals surface area contributed by atoms with E-state index in [0.717, 1.165) is 18.4 Å². The maximum atomic E-state index is 13.4. The van der Waals surface area contributed by atoms with Gasteiger partial charge in [0.25, 0.3) is 5.91 Å². The third-order valence-corrected chi connectivity index (χ3v) is 6.83. The van der Waals surface area contributed by atoms with Gasteiger partial charge in [-0.25, -0.2) is 0 Å². The molecule has 1 aliphatic heterocycles. The molecule has 2 aromatic heterocycles. The maximum absolute atomic E-state index is 13.4. The Balaban J connectivity index is 1.64. The fourth-order valence-electron chi connectivity index (χ4n) is 4.51. The van der Waals surface area contributed by atoms with Gasteiger partial charge in [0.2, 0.25) is 5.91 Å². The summed E-state index contributed by atoms with van der Waals surface area (Å²) in [5.41, 5.74) is 2.22. The van der Waals surface area contributed by atoms with Crippen molar-refractivity contribution in [1.82, 2.24) is 14.8 Å². The molecule has 31 heavy (non-hydrogen) atoms. The summed E-state index contributed by atoms with van der Waals surface area (Å²) in [4.78, 5) is 35.3. The van der Waals surface area contributed by atoms with Crippen molar-refractivity contribution in [2.75, 3.05) is 27.2 Å². The first-order valence-corrected chi connectivity index (χ1v) is 11.4.